The Kier molecular flexibility index (Phi) is 7.06. The molecule has 1 saturated heterocycles. The molecule has 0 unspecified atom stereocenters. The number of anilines is 1. The third-order valence-corrected chi connectivity index (χ3v) is 7.75. The molecule has 1 aliphatic rings. The Morgan fingerprint density at radius 2 is 1.27 bits per heavy atom. The maximum Gasteiger partial charge on any atom is 0.270 e. The first kappa shape index (κ1) is 27.1. The molecule has 0 aliphatic carbocycles. The minimum Gasteiger partial charge on any atom is -0.457 e. The Labute approximate surface area is 259 Å². The summed E-state index contributed by atoms with van der Waals surface area (Å²) in [4.78, 5) is 28.5. The number of hydrogen-bond donors (Lipinski definition) is 1. The summed E-state index contributed by atoms with van der Waals surface area (Å²) in [6.45, 7) is 0. The second-order valence-corrected chi connectivity index (χ2v) is 10.6. The molecule has 0 atom stereocenters. The van der Waals surface area contributed by atoms with Gasteiger partial charge in [-0.2, -0.15) is 0 Å². The van der Waals surface area contributed by atoms with Crippen molar-refractivity contribution in [1.29, 1.82) is 0 Å². The maximum atomic E-state index is 13.9. The van der Waals surface area contributed by atoms with Crippen molar-refractivity contribution in [1.82, 2.24) is 9.72 Å². The monoisotopic (exact) mass is 591 g/mol. The van der Waals surface area contributed by atoms with Crippen molar-refractivity contribution in [3.8, 4) is 33.8 Å². The van der Waals surface area contributed by atoms with Crippen molar-refractivity contribution in [2.75, 3.05) is 4.90 Å². The zero-order valence-electron chi connectivity index (χ0n) is 23.4. The number of pyridine rings is 1. The number of aromatic nitrogens is 1. The van der Waals surface area contributed by atoms with Gasteiger partial charge in [-0.15, -0.1) is 0 Å². The van der Waals surface area contributed by atoms with Gasteiger partial charge in [-0.3, -0.25) is 19.8 Å². The number of rotatable bonds is 6. The predicted molar refractivity (Wildman–Crippen MR) is 177 cm³/mol. The minimum absolute atomic E-state index is 0.0182. The average Bonchev–Trinajstić information content (AvgIpc) is 3.42. The molecule has 1 fully saturated rings. The lowest BCUT2D eigenvalue weighted by Gasteiger charge is -2.29. The topological polar surface area (TPSA) is 63.1 Å². The standard InChI is InChI=1S/C37H25N3O3S/c41-35-33(36(42)40(37(44)38-35)28-16-18-31(19-17-28)43-30-14-8-3-9-15-30)24-34-32(26-12-6-2-7-13-26)23-29-22-27(20-21-39(29)34)25-10-4-1-5-11-25/h1-24H,(H,38,41,44)/b33-24-. The Morgan fingerprint density at radius 1 is 0.659 bits per heavy atom. The highest BCUT2D eigenvalue weighted by atomic mass is 32.1. The summed E-state index contributed by atoms with van der Waals surface area (Å²) in [5.41, 5.74) is 6.17. The number of carbonyl (C=O) groups is 2. The fourth-order valence-electron chi connectivity index (χ4n) is 5.32. The van der Waals surface area contributed by atoms with E-state index in [4.69, 9.17) is 17.0 Å². The van der Waals surface area contributed by atoms with Crippen molar-refractivity contribution >= 4 is 46.4 Å². The normalized spacial score (nSPS) is 14.2. The summed E-state index contributed by atoms with van der Waals surface area (Å²) >= 11 is 5.45. The predicted octanol–water partition coefficient (Wildman–Crippen LogP) is 7.90. The van der Waals surface area contributed by atoms with Gasteiger partial charge >= 0.3 is 0 Å². The van der Waals surface area contributed by atoms with Gasteiger partial charge in [0.15, 0.2) is 5.11 Å². The first-order valence-corrected chi connectivity index (χ1v) is 14.5. The number of fused-ring (bicyclic) bond motifs is 1. The van der Waals surface area contributed by atoms with E-state index in [0.29, 0.717) is 22.9 Å². The molecule has 2 aromatic heterocycles. The van der Waals surface area contributed by atoms with Gasteiger partial charge in [0, 0.05) is 17.3 Å². The van der Waals surface area contributed by atoms with Crippen LogP contribution in [-0.2, 0) is 9.59 Å². The average molecular weight is 592 g/mol. The summed E-state index contributed by atoms with van der Waals surface area (Å²) in [5.74, 6) is 0.254. The van der Waals surface area contributed by atoms with Gasteiger partial charge in [-0.05, 0) is 89.6 Å². The lowest BCUT2D eigenvalue weighted by molar-refractivity contribution is -0.122. The first-order chi connectivity index (χ1) is 21.5. The molecule has 0 radical (unpaired) electrons. The molecule has 4 aromatic carbocycles. The van der Waals surface area contributed by atoms with Crippen LogP contribution < -0.4 is 15.0 Å². The smallest absolute Gasteiger partial charge is 0.270 e. The lowest BCUT2D eigenvalue weighted by atomic mass is 10.0. The first-order valence-electron chi connectivity index (χ1n) is 14.1. The van der Waals surface area contributed by atoms with Gasteiger partial charge in [-0.1, -0.05) is 78.9 Å². The molecule has 7 rings (SSSR count). The summed E-state index contributed by atoms with van der Waals surface area (Å²) in [6, 6.07) is 42.7. The van der Waals surface area contributed by atoms with Crippen molar-refractivity contribution in [2.45, 2.75) is 0 Å². The number of carbonyl (C=O) groups excluding carboxylic acids is 2. The molecular weight excluding hydrogens is 566 g/mol. The summed E-state index contributed by atoms with van der Waals surface area (Å²) in [6.07, 6.45) is 3.62. The number of hydrogen-bond acceptors (Lipinski definition) is 4. The Bertz CT molecular complexity index is 2050. The van der Waals surface area contributed by atoms with E-state index in [1.165, 1.54) is 4.90 Å². The zero-order chi connectivity index (χ0) is 30.0. The Morgan fingerprint density at radius 3 is 1.95 bits per heavy atom. The number of amides is 2. The third kappa shape index (κ3) is 5.17. The molecular formula is C37H25N3O3S. The Hall–Kier alpha value is -5.79. The van der Waals surface area contributed by atoms with E-state index in [2.05, 4.69) is 29.6 Å². The van der Waals surface area contributed by atoms with Gasteiger partial charge in [0.25, 0.3) is 11.8 Å². The number of thiocarbonyl (C=S) groups is 1. The minimum atomic E-state index is -0.546. The van der Waals surface area contributed by atoms with Gasteiger partial charge < -0.3 is 9.14 Å². The second kappa shape index (κ2) is 11.5. The molecule has 6 aromatic rings. The fraction of sp³-hybridized carbons (Fsp3) is 0. The fourth-order valence-corrected chi connectivity index (χ4v) is 5.60. The zero-order valence-corrected chi connectivity index (χ0v) is 24.2. The van der Waals surface area contributed by atoms with Crippen LogP contribution >= 0.6 is 12.2 Å². The number of para-hydroxylation sites is 1. The molecule has 1 aliphatic heterocycles. The molecule has 1 N–H and O–H groups in total. The van der Waals surface area contributed by atoms with E-state index in [9.17, 15) is 9.59 Å². The van der Waals surface area contributed by atoms with Crippen LogP contribution in [-0.4, -0.2) is 21.3 Å². The van der Waals surface area contributed by atoms with Crippen LogP contribution in [0, 0.1) is 0 Å². The van der Waals surface area contributed by atoms with E-state index in [-0.39, 0.29) is 10.7 Å². The van der Waals surface area contributed by atoms with Crippen LogP contribution in [0.5, 0.6) is 11.5 Å². The van der Waals surface area contributed by atoms with Crippen LogP contribution in [0.25, 0.3) is 33.8 Å². The number of ether oxygens (including phenoxy) is 1. The van der Waals surface area contributed by atoms with Crippen molar-refractivity contribution in [3.63, 3.8) is 0 Å². The van der Waals surface area contributed by atoms with Crippen molar-refractivity contribution in [2.24, 2.45) is 0 Å². The Balaban J connectivity index is 1.28. The molecule has 3 heterocycles. The van der Waals surface area contributed by atoms with Crippen molar-refractivity contribution < 1.29 is 14.3 Å². The molecule has 212 valence electrons. The van der Waals surface area contributed by atoms with E-state index in [1.54, 1.807) is 30.3 Å². The largest absolute Gasteiger partial charge is 0.457 e. The number of nitrogens with one attached hydrogen (secondary N) is 1. The van der Waals surface area contributed by atoms with Crippen LogP contribution in [0.3, 0.4) is 0 Å². The van der Waals surface area contributed by atoms with Gasteiger partial charge in [0.05, 0.1) is 11.4 Å². The summed E-state index contributed by atoms with van der Waals surface area (Å²) in [5, 5.41) is 2.72. The molecule has 0 saturated carbocycles. The highest BCUT2D eigenvalue weighted by Crippen LogP contribution is 2.33. The summed E-state index contributed by atoms with van der Waals surface area (Å²) in [7, 11) is 0. The van der Waals surface area contributed by atoms with E-state index >= 15 is 0 Å². The lowest BCUT2D eigenvalue weighted by Crippen LogP contribution is -2.54. The van der Waals surface area contributed by atoms with E-state index in [0.717, 1.165) is 27.8 Å². The van der Waals surface area contributed by atoms with Gasteiger partial charge in [-0.25, -0.2) is 0 Å². The summed E-state index contributed by atoms with van der Waals surface area (Å²) < 4.78 is 7.89. The van der Waals surface area contributed by atoms with Gasteiger partial charge in [0.1, 0.15) is 17.1 Å². The number of benzene rings is 4. The molecule has 6 nitrogen and oxygen atoms in total. The number of nitrogens with zero attached hydrogens (tertiary/aromatic N) is 2. The van der Waals surface area contributed by atoms with Gasteiger partial charge in [0.2, 0.25) is 0 Å². The van der Waals surface area contributed by atoms with Crippen LogP contribution in [0.15, 0.2) is 145 Å². The highest BCUT2D eigenvalue weighted by Gasteiger charge is 2.35. The quantitative estimate of drug-likeness (QED) is 0.122. The third-order valence-electron chi connectivity index (χ3n) is 7.46. The van der Waals surface area contributed by atoms with Crippen LogP contribution in [0.2, 0.25) is 0 Å². The second-order valence-electron chi connectivity index (χ2n) is 10.3. The SMILES string of the molecule is O=C1NC(=S)N(c2ccc(Oc3ccccc3)cc2)C(=O)/C1=C\c1c(-c2ccccc2)cc2cc(-c3ccccc3)ccn12. The van der Waals surface area contributed by atoms with Crippen LogP contribution in [0.1, 0.15) is 5.69 Å². The van der Waals surface area contributed by atoms with E-state index in [1.807, 2.05) is 95.5 Å². The molecule has 0 bridgehead atoms. The van der Waals surface area contributed by atoms with Crippen molar-refractivity contribution in [3.05, 3.63) is 151 Å². The van der Waals surface area contributed by atoms with E-state index < -0.39 is 11.8 Å². The molecule has 2 amide bonds. The molecule has 7 heteroatoms. The molecule has 0 spiro atoms. The van der Waals surface area contributed by atoms with Crippen LogP contribution in [0.4, 0.5) is 5.69 Å². The highest BCUT2D eigenvalue weighted by molar-refractivity contribution is 7.80. The maximum absolute atomic E-state index is 13.9. The molecule has 44 heavy (non-hydrogen) atoms.